The van der Waals surface area contributed by atoms with Crippen LogP contribution in [-0.4, -0.2) is 52.8 Å². The van der Waals surface area contributed by atoms with Crippen molar-refractivity contribution in [3.05, 3.63) is 17.6 Å². The third-order valence-corrected chi connectivity index (χ3v) is 2.27. The number of nitrogens with one attached hydrogen (secondary N) is 1. The lowest BCUT2D eigenvalue weighted by molar-refractivity contribution is 0.0459. The maximum absolute atomic E-state index is 10.1. The van der Waals surface area contributed by atoms with Crippen molar-refractivity contribution in [2.45, 2.75) is 26.4 Å². The first-order chi connectivity index (χ1) is 7.78. The van der Waals surface area contributed by atoms with Crippen molar-refractivity contribution in [3.8, 4) is 0 Å². The molecule has 1 aromatic heterocycles. The second kappa shape index (κ2) is 5.42. The monoisotopic (exact) mass is 238 g/mol. The summed E-state index contributed by atoms with van der Waals surface area (Å²) in [5.74, 6) is 1.49. The van der Waals surface area contributed by atoms with Crippen LogP contribution in [0.1, 0.15) is 18.4 Å². The Bertz CT molecular complexity index is 357. The maximum Gasteiger partial charge on any atom is 0.130 e. The zero-order chi connectivity index (χ0) is 13.1. The Hall–Kier alpha value is -1.20. The molecule has 0 aliphatic carbocycles. The lowest BCUT2D eigenvalue weighted by Gasteiger charge is -2.27. The second-order valence-electron chi connectivity index (χ2n) is 5.03. The molecule has 1 rings (SSSR count). The zero-order valence-corrected chi connectivity index (χ0v) is 11.3. The first-order valence-corrected chi connectivity index (χ1v) is 5.72. The van der Waals surface area contributed by atoms with Gasteiger partial charge in [-0.3, -0.25) is 0 Å². The van der Waals surface area contributed by atoms with Gasteiger partial charge in [-0.25, -0.2) is 9.97 Å². The standard InChI is InChI=1S/C12H22N4O/c1-9-6-11(15-10(2)14-9)13-7-12(3,17)8-16(4)5/h6,17H,7-8H2,1-5H3,(H,13,14,15). The number of aromatic nitrogens is 2. The van der Waals surface area contributed by atoms with Crippen molar-refractivity contribution in [2.75, 3.05) is 32.5 Å². The quantitative estimate of drug-likeness (QED) is 0.795. The largest absolute Gasteiger partial charge is 0.387 e. The van der Waals surface area contributed by atoms with Gasteiger partial charge in [0.05, 0.1) is 5.60 Å². The molecule has 1 aromatic rings. The first-order valence-electron chi connectivity index (χ1n) is 5.72. The fourth-order valence-corrected chi connectivity index (χ4v) is 1.83. The summed E-state index contributed by atoms with van der Waals surface area (Å²) >= 11 is 0. The van der Waals surface area contributed by atoms with Gasteiger partial charge in [-0.1, -0.05) is 0 Å². The summed E-state index contributed by atoms with van der Waals surface area (Å²) in [7, 11) is 3.88. The molecule has 0 aromatic carbocycles. The van der Waals surface area contributed by atoms with Crippen LogP contribution in [0.2, 0.25) is 0 Å². The van der Waals surface area contributed by atoms with E-state index in [9.17, 15) is 5.11 Å². The topological polar surface area (TPSA) is 61.3 Å². The van der Waals surface area contributed by atoms with Gasteiger partial charge < -0.3 is 15.3 Å². The fourth-order valence-electron chi connectivity index (χ4n) is 1.83. The molecule has 5 nitrogen and oxygen atoms in total. The summed E-state index contributed by atoms with van der Waals surface area (Å²) in [5.41, 5.74) is 0.142. The molecule has 0 spiro atoms. The maximum atomic E-state index is 10.1. The summed E-state index contributed by atoms with van der Waals surface area (Å²) in [6, 6.07) is 1.87. The highest BCUT2D eigenvalue weighted by Gasteiger charge is 2.21. The highest BCUT2D eigenvalue weighted by Crippen LogP contribution is 2.09. The Morgan fingerprint density at radius 1 is 1.35 bits per heavy atom. The van der Waals surface area contributed by atoms with E-state index in [4.69, 9.17) is 0 Å². The normalized spacial score (nSPS) is 14.8. The third-order valence-electron chi connectivity index (χ3n) is 2.27. The molecule has 1 unspecified atom stereocenters. The van der Waals surface area contributed by atoms with Crippen LogP contribution < -0.4 is 5.32 Å². The van der Waals surface area contributed by atoms with Crippen LogP contribution in [0.3, 0.4) is 0 Å². The van der Waals surface area contributed by atoms with Gasteiger partial charge in [0.1, 0.15) is 11.6 Å². The van der Waals surface area contributed by atoms with Crippen LogP contribution >= 0.6 is 0 Å². The van der Waals surface area contributed by atoms with Crippen molar-refractivity contribution in [3.63, 3.8) is 0 Å². The molecule has 0 fully saturated rings. The Morgan fingerprint density at radius 3 is 2.53 bits per heavy atom. The fraction of sp³-hybridized carbons (Fsp3) is 0.667. The van der Waals surface area contributed by atoms with Gasteiger partial charge in [0.2, 0.25) is 0 Å². The summed E-state index contributed by atoms with van der Waals surface area (Å²) in [4.78, 5) is 10.4. The number of aryl methyl sites for hydroxylation is 2. The molecule has 0 aliphatic heterocycles. The van der Waals surface area contributed by atoms with E-state index >= 15 is 0 Å². The van der Waals surface area contributed by atoms with Gasteiger partial charge in [-0.05, 0) is 34.9 Å². The van der Waals surface area contributed by atoms with E-state index in [0.717, 1.165) is 17.3 Å². The van der Waals surface area contributed by atoms with E-state index in [-0.39, 0.29) is 0 Å². The van der Waals surface area contributed by atoms with E-state index < -0.39 is 5.60 Å². The van der Waals surface area contributed by atoms with E-state index in [1.54, 1.807) is 6.92 Å². The second-order valence-corrected chi connectivity index (χ2v) is 5.03. The van der Waals surface area contributed by atoms with Crippen LogP contribution in [0, 0.1) is 13.8 Å². The molecule has 0 amide bonds. The Morgan fingerprint density at radius 2 is 2.00 bits per heavy atom. The lowest BCUT2D eigenvalue weighted by Crippen LogP contribution is -2.43. The SMILES string of the molecule is Cc1cc(NCC(C)(O)CN(C)C)nc(C)n1. The van der Waals surface area contributed by atoms with Crippen molar-refractivity contribution in [2.24, 2.45) is 0 Å². The zero-order valence-electron chi connectivity index (χ0n) is 11.3. The highest BCUT2D eigenvalue weighted by molar-refractivity contribution is 5.36. The third kappa shape index (κ3) is 5.10. The smallest absolute Gasteiger partial charge is 0.130 e. The molecular weight excluding hydrogens is 216 g/mol. The number of likely N-dealkylation sites (N-methyl/N-ethyl adjacent to an activating group) is 1. The lowest BCUT2D eigenvalue weighted by atomic mass is 10.1. The molecule has 0 bridgehead atoms. The van der Waals surface area contributed by atoms with E-state index in [0.29, 0.717) is 13.1 Å². The van der Waals surface area contributed by atoms with Crippen molar-refractivity contribution < 1.29 is 5.11 Å². The molecular formula is C12H22N4O. The summed E-state index contributed by atoms with van der Waals surface area (Å²) in [6.45, 7) is 6.65. The van der Waals surface area contributed by atoms with E-state index in [1.165, 1.54) is 0 Å². The minimum atomic E-state index is -0.781. The van der Waals surface area contributed by atoms with Crippen LogP contribution in [0.4, 0.5) is 5.82 Å². The number of aliphatic hydroxyl groups is 1. The Labute approximate surface area is 103 Å². The first kappa shape index (κ1) is 13.9. The molecule has 2 N–H and O–H groups in total. The molecule has 0 aliphatic rings. The number of hydrogen-bond donors (Lipinski definition) is 2. The molecule has 1 heterocycles. The van der Waals surface area contributed by atoms with Crippen LogP contribution in [0.5, 0.6) is 0 Å². The van der Waals surface area contributed by atoms with E-state index in [1.807, 2.05) is 38.9 Å². The van der Waals surface area contributed by atoms with Crippen LogP contribution in [0.15, 0.2) is 6.07 Å². The van der Waals surface area contributed by atoms with Gasteiger partial charge in [-0.2, -0.15) is 0 Å². The summed E-state index contributed by atoms with van der Waals surface area (Å²) in [6.07, 6.45) is 0. The molecule has 17 heavy (non-hydrogen) atoms. The van der Waals surface area contributed by atoms with Crippen molar-refractivity contribution in [1.82, 2.24) is 14.9 Å². The van der Waals surface area contributed by atoms with Gasteiger partial charge >= 0.3 is 0 Å². The number of anilines is 1. The average Bonchev–Trinajstić information content (AvgIpc) is 2.11. The number of nitrogens with zero attached hydrogens (tertiary/aromatic N) is 3. The Balaban J connectivity index is 2.60. The van der Waals surface area contributed by atoms with Gasteiger partial charge in [-0.15, -0.1) is 0 Å². The van der Waals surface area contributed by atoms with Crippen molar-refractivity contribution in [1.29, 1.82) is 0 Å². The Kier molecular flexibility index (Phi) is 4.42. The van der Waals surface area contributed by atoms with Crippen molar-refractivity contribution >= 4 is 5.82 Å². The predicted octanol–water partition coefficient (Wildman–Crippen LogP) is 0.818. The van der Waals surface area contributed by atoms with Gasteiger partial charge in [0.25, 0.3) is 0 Å². The molecule has 5 heteroatoms. The summed E-state index contributed by atoms with van der Waals surface area (Å²) in [5, 5.41) is 13.3. The number of hydrogen-bond acceptors (Lipinski definition) is 5. The summed E-state index contributed by atoms with van der Waals surface area (Å²) < 4.78 is 0. The molecule has 0 saturated heterocycles. The minimum Gasteiger partial charge on any atom is -0.387 e. The predicted molar refractivity (Wildman–Crippen MR) is 69.2 cm³/mol. The van der Waals surface area contributed by atoms with Gasteiger partial charge in [0, 0.05) is 24.8 Å². The molecule has 96 valence electrons. The van der Waals surface area contributed by atoms with E-state index in [2.05, 4.69) is 15.3 Å². The van der Waals surface area contributed by atoms with Crippen LogP contribution in [-0.2, 0) is 0 Å². The molecule has 0 radical (unpaired) electrons. The van der Waals surface area contributed by atoms with Crippen LogP contribution in [0.25, 0.3) is 0 Å². The number of rotatable bonds is 5. The molecule has 1 atom stereocenters. The average molecular weight is 238 g/mol. The highest BCUT2D eigenvalue weighted by atomic mass is 16.3. The van der Waals surface area contributed by atoms with Gasteiger partial charge in [0.15, 0.2) is 0 Å². The molecule has 0 saturated carbocycles. The minimum absolute atomic E-state index is 0.459.